The van der Waals surface area contributed by atoms with Crippen LogP contribution in [-0.2, 0) is 19.6 Å². The van der Waals surface area contributed by atoms with E-state index in [-0.39, 0.29) is 34.9 Å². The van der Waals surface area contributed by atoms with Gasteiger partial charge in [-0.1, -0.05) is 12.8 Å². The number of likely N-dealkylation sites (tertiary alicyclic amines) is 1. The Balaban J connectivity index is 1.50. The minimum Gasteiger partial charge on any atom is -0.492 e. The topological polar surface area (TPSA) is 96.0 Å². The van der Waals surface area contributed by atoms with E-state index in [1.54, 1.807) is 19.1 Å². The Morgan fingerprint density at radius 2 is 1.87 bits per heavy atom. The van der Waals surface area contributed by atoms with Gasteiger partial charge >= 0.3 is 0 Å². The average molecular weight is 450 g/mol. The molecule has 1 aromatic rings. The quantitative estimate of drug-likeness (QED) is 0.690. The second-order valence-electron chi connectivity index (χ2n) is 8.58. The fourth-order valence-electron chi connectivity index (χ4n) is 4.85. The fourth-order valence-corrected chi connectivity index (χ4v) is 6.52. The highest BCUT2D eigenvalue weighted by molar-refractivity contribution is 7.89. The highest BCUT2D eigenvalue weighted by Crippen LogP contribution is 2.33. The third-order valence-electron chi connectivity index (χ3n) is 6.49. The fraction of sp³-hybridized carbons (Fsp3) is 0.636. The van der Waals surface area contributed by atoms with Crippen LogP contribution in [0.15, 0.2) is 23.1 Å². The summed E-state index contributed by atoms with van der Waals surface area (Å²) >= 11 is 0. The molecule has 1 atom stereocenters. The molecular formula is C22H31N3O5S. The van der Waals surface area contributed by atoms with Crippen LogP contribution in [0.1, 0.15) is 51.9 Å². The van der Waals surface area contributed by atoms with Gasteiger partial charge in [0.15, 0.2) is 0 Å². The Morgan fingerprint density at radius 1 is 1.16 bits per heavy atom. The van der Waals surface area contributed by atoms with Crippen molar-refractivity contribution in [1.82, 2.24) is 9.21 Å². The molecule has 31 heavy (non-hydrogen) atoms. The van der Waals surface area contributed by atoms with Crippen molar-refractivity contribution in [3.63, 3.8) is 0 Å². The Morgan fingerprint density at radius 3 is 2.55 bits per heavy atom. The van der Waals surface area contributed by atoms with Crippen molar-refractivity contribution in [3.8, 4) is 5.75 Å². The number of nitrogens with zero attached hydrogens (tertiary/aromatic N) is 2. The normalized spacial score (nSPS) is 22.9. The number of rotatable bonds is 7. The van der Waals surface area contributed by atoms with Gasteiger partial charge in [-0.2, -0.15) is 4.31 Å². The van der Waals surface area contributed by atoms with E-state index in [2.05, 4.69) is 5.32 Å². The Hall–Kier alpha value is -2.13. The molecule has 0 radical (unpaired) electrons. The molecule has 2 saturated heterocycles. The molecule has 2 heterocycles. The molecule has 0 bridgehead atoms. The largest absolute Gasteiger partial charge is 0.492 e. The summed E-state index contributed by atoms with van der Waals surface area (Å²) < 4.78 is 33.3. The summed E-state index contributed by atoms with van der Waals surface area (Å²) in [7, 11) is -3.70. The van der Waals surface area contributed by atoms with E-state index in [4.69, 9.17) is 4.74 Å². The van der Waals surface area contributed by atoms with Crippen LogP contribution in [0.25, 0.3) is 0 Å². The minimum atomic E-state index is -3.70. The van der Waals surface area contributed by atoms with Crippen LogP contribution < -0.4 is 10.1 Å². The molecule has 1 aliphatic carbocycles. The van der Waals surface area contributed by atoms with Gasteiger partial charge in [-0.15, -0.1) is 0 Å². The van der Waals surface area contributed by atoms with Crippen molar-refractivity contribution in [2.45, 2.75) is 62.8 Å². The lowest BCUT2D eigenvalue weighted by Gasteiger charge is -2.24. The van der Waals surface area contributed by atoms with E-state index in [0.29, 0.717) is 31.9 Å². The number of carbonyl (C=O) groups excluding carboxylic acids is 2. The number of hydrogen-bond acceptors (Lipinski definition) is 5. The number of amides is 2. The number of ether oxygens (including phenoxy) is 1. The molecule has 3 fully saturated rings. The van der Waals surface area contributed by atoms with Gasteiger partial charge < -0.3 is 15.0 Å². The average Bonchev–Trinajstić information content (AvgIpc) is 3.51. The standard InChI is InChI=1S/C22H31N3O5S/c1-2-30-19-10-9-17(14-20(19)31(28,29)24-11-5-6-12-24)23-22(27)16-13-21(26)25(15-16)18-7-3-4-8-18/h9-10,14,16,18H,2-8,11-13,15H2,1H3,(H,23,27)/t16-/m1/s1. The second kappa shape index (κ2) is 9.16. The van der Waals surface area contributed by atoms with Crippen molar-refractivity contribution in [2.24, 2.45) is 5.92 Å². The molecule has 3 aliphatic rings. The summed E-state index contributed by atoms with van der Waals surface area (Å²) in [6, 6.07) is 4.97. The van der Waals surface area contributed by atoms with Crippen molar-refractivity contribution >= 4 is 27.5 Å². The number of carbonyl (C=O) groups is 2. The summed E-state index contributed by atoms with van der Waals surface area (Å²) in [5.41, 5.74) is 0.401. The minimum absolute atomic E-state index is 0.0380. The lowest BCUT2D eigenvalue weighted by atomic mass is 10.1. The Kier molecular flexibility index (Phi) is 6.52. The van der Waals surface area contributed by atoms with E-state index < -0.39 is 15.9 Å². The van der Waals surface area contributed by atoms with Crippen LogP contribution in [0.5, 0.6) is 5.75 Å². The van der Waals surface area contributed by atoms with Gasteiger partial charge in [-0.3, -0.25) is 9.59 Å². The maximum Gasteiger partial charge on any atom is 0.246 e. The first kappa shape index (κ1) is 22.1. The molecule has 2 amide bonds. The van der Waals surface area contributed by atoms with Crippen molar-refractivity contribution in [3.05, 3.63) is 18.2 Å². The second-order valence-corrected chi connectivity index (χ2v) is 10.5. The molecular weight excluding hydrogens is 418 g/mol. The van der Waals surface area contributed by atoms with Crippen LogP contribution in [0.3, 0.4) is 0 Å². The van der Waals surface area contributed by atoms with E-state index in [1.807, 2.05) is 4.90 Å². The molecule has 170 valence electrons. The number of hydrogen-bond donors (Lipinski definition) is 1. The third-order valence-corrected chi connectivity index (χ3v) is 8.41. The van der Waals surface area contributed by atoms with E-state index in [1.165, 1.54) is 10.4 Å². The first-order valence-corrected chi connectivity index (χ1v) is 12.7. The lowest BCUT2D eigenvalue weighted by molar-refractivity contribution is -0.129. The maximum absolute atomic E-state index is 13.1. The zero-order chi connectivity index (χ0) is 22.0. The van der Waals surface area contributed by atoms with Crippen molar-refractivity contribution in [2.75, 3.05) is 31.6 Å². The molecule has 2 aliphatic heterocycles. The van der Waals surface area contributed by atoms with Crippen molar-refractivity contribution in [1.29, 1.82) is 0 Å². The van der Waals surface area contributed by atoms with Gasteiger partial charge in [0.2, 0.25) is 21.8 Å². The summed E-state index contributed by atoms with van der Waals surface area (Å²) in [6.07, 6.45) is 6.17. The monoisotopic (exact) mass is 449 g/mol. The first-order valence-electron chi connectivity index (χ1n) is 11.3. The highest BCUT2D eigenvalue weighted by atomic mass is 32.2. The zero-order valence-electron chi connectivity index (χ0n) is 18.0. The summed E-state index contributed by atoms with van der Waals surface area (Å²) in [6.45, 7) is 3.56. The van der Waals surface area contributed by atoms with E-state index in [9.17, 15) is 18.0 Å². The van der Waals surface area contributed by atoms with Gasteiger partial charge in [0, 0.05) is 37.8 Å². The van der Waals surface area contributed by atoms with E-state index in [0.717, 1.165) is 38.5 Å². The number of anilines is 1. The smallest absolute Gasteiger partial charge is 0.246 e. The number of nitrogens with one attached hydrogen (secondary N) is 1. The van der Waals surface area contributed by atoms with Crippen molar-refractivity contribution < 1.29 is 22.7 Å². The van der Waals surface area contributed by atoms with Crippen LogP contribution >= 0.6 is 0 Å². The van der Waals surface area contributed by atoms with Gasteiger partial charge in [0.05, 0.1) is 12.5 Å². The first-order chi connectivity index (χ1) is 14.9. The Labute approximate surface area is 184 Å². The number of sulfonamides is 1. The van der Waals surface area contributed by atoms with Crippen LogP contribution in [0.2, 0.25) is 0 Å². The molecule has 1 aromatic carbocycles. The molecule has 4 rings (SSSR count). The highest BCUT2D eigenvalue weighted by Gasteiger charge is 2.39. The van der Waals surface area contributed by atoms with Gasteiger partial charge in [0.25, 0.3) is 0 Å². The molecule has 0 aromatic heterocycles. The zero-order valence-corrected chi connectivity index (χ0v) is 18.8. The molecule has 1 saturated carbocycles. The Bertz CT molecular complexity index is 936. The lowest BCUT2D eigenvalue weighted by Crippen LogP contribution is -2.35. The van der Waals surface area contributed by atoms with Gasteiger partial charge in [-0.05, 0) is 50.8 Å². The predicted molar refractivity (Wildman–Crippen MR) is 116 cm³/mol. The molecule has 8 nitrogen and oxygen atoms in total. The van der Waals surface area contributed by atoms with E-state index >= 15 is 0 Å². The van der Waals surface area contributed by atoms with Gasteiger partial charge in [-0.25, -0.2) is 8.42 Å². The SMILES string of the molecule is CCOc1ccc(NC(=O)[C@@H]2CC(=O)N(C3CCCC3)C2)cc1S(=O)(=O)N1CCCC1. The number of benzene rings is 1. The van der Waals surface area contributed by atoms with Gasteiger partial charge in [0.1, 0.15) is 10.6 Å². The molecule has 1 N–H and O–H groups in total. The summed E-state index contributed by atoms with van der Waals surface area (Å²) in [4.78, 5) is 27.2. The van der Waals surface area contributed by atoms with Crippen LogP contribution in [0.4, 0.5) is 5.69 Å². The van der Waals surface area contributed by atoms with Crippen LogP contribution in [-0.4, -0.2) is 61.7 Å². The summed E-state index contributed by atoms with van der Waals surface area (Å²) in [5, 5.41) is 2.83. The summed E-state index contributed by atoms with van der Waals surface area (Å²) in [5.74, 6) is -0.340. The third kappa shape index (κ3) is 4.57. The molecule has 9 heteroatoms. The molecule has 0 spiro atoms. The maximum atomic E-state index is 13.1. The van der Waals surface area contributed by atoms with Crippen LogP contribution in [0, 0.1) is 5.92 Å². The predicted octanol–water partition coefficient (Wildman–Crippen LogP) is 2.60. The molecule has 0 unspecified atom stereocenters.